The van der Waals surface area contributed by atoms with Gasteiger partial charge in [-0.25, -0.2) is 8.78 Å². The second kappa shape index (κ2) is 4.49. The molecular formula is C13H11F2NOS. The Morgan fingerprint density at radius 3 is 2.28 bits per heavy atom. The van der Waals surface area contributed by atoms with Gasteiger partial charge in [-0.2, -0.15) is 0 Å². The number of aryl methyl sites for hydroxylation is 2. The van der Waals surface area contributed by atoms with E-state index in [4.69, 9.17) is 5.73 Å². The standard InChI is InChI=1S/C13H11F2NOS/c1-6-3-8(7(2)18-6)13(17)9-4-10(14)11(15)5-12(9)16/h3-5H,16H2,1-2H3. The molecule has 1 aromatic carbocycles. The number of anilines is 1. The maximum absolute atomic E-state index is 13.2. The third-order valence-corrected chi connectivity index (χ3v) is 3.59. The molecule has 0 bridgehead atoms. The second-order valence-electron chi connectivity index (χ2n) is 4.01. The van der Waals surface area contributed by atoms with Gasteiger partial charge in [0.05, 0.1) is 0 Å². The summed E-state index contributed by atoms with van der Waals surface area (Å²) in [5.41, 5.74) is 5.98. The number of benzene rings is 1. The molecule has 1 heterocycles. The minimum atomic E-state index is -1.07. The first-order valence-electron chi connectivity index (χ1n) is 5.26. The third kappa shape index (κ3) is 2.13. The van der Waals surface area contributed by atoms with Crippen molar-refractivity contribution in [1.29, 1.82) is 0 Å². The van der Waals surface area contributed by atoms with Gasteiger partial charge in [-0.1, -0.05) is 0 Å². The molecule has 0 amide bonds. The summed E-state index contributed by atoms with van der Waals surface area (Å²) in [7, 11) is 0. The summed E-state index contributed by atoms with van der Waals surface area (Å²) < 4.78 is 26.1. The highest BCUT2D eigenvalue weighted by Crippen LogP contribution is 2.26. The number of thiophene rings is 1. The maximum atomic E-state index is 13.2. The zero-order chi connectivity index (χ0) is 13.4. The number of ketones is 1. The topological polar surface area (TPSA) is 43.1 Å². The van der Waals surface area contributed by atoms with Crippen LogP contribution in [0.1, 0.15) is 25.7 Å². The molecular weight excluding hydrogens is 256 g/mol. The summed E-state index contributed by atoms with van der Waals surface area (Å²) in [5.74, 6) is -2.51. The molecule has 2 N–H and O–H groups in total. The lowest BCUT2D eigenvalue weighted by molar-refractivity contribution is 0.103. The Balaban J connectivity index is 2.53. The van der Waals surface area contributed by atoms with Gasteiger partial charge in [-0.15, -0.1) is 11.3 Å². The van der Waals surface area contributed by atoms with Gasteiger partial charge in [0.25, 0.3) is 0 Å². The number of nitrogens with two attached hydrogens (primary N) is 1. The van der Waals surface area contributed by atoms with E-state index in [1.807, 2.05) is 6.92 Å². The summed E-state index contributed by atoms with van der Waals surface area (Å²) in [6.07, 6.45) is 0. The van der Waals surface area contributed by atoms with Crippen LogP contribution in [0.25, 0.3) is 0 Å². The molecule has 0 radical (unpaired) electrons. The smallest absolute Gasteiger partial charge is 0.196 e. The van der Waals surface area contributed by atoms with Crippen LogP contribution in [0.4, 0.5) is 14.5 Å². The number of halogens is 2. The lowest BCUT2D eigenvalue weighted by Crippen LogP contribution is -2.07. The van der Waals surface area contributed by atoms with Crippen molar-refractivity contribution >= 4 is 22.8 Å². The highest BCUT2D eigenvalue weighted by Gasteiger charge is 2.19. The van der Waals surface area contributed by atoms with Crippen LogP contribution in [0.3, 0.4) is 0 Å². The van der Waals surface area contributed by atoms with E-state index in [0.29, 0.717) is 5.56 Å². The third-order valence-electron chi connectivity index (χ3n) is 2.62. The van der Waals surface area contributed by atoms with Crippen LogP contribution >= 0.6 is 11.3 Å². The highest BCUT2D eigenvalue weighted by atomic mass is 32.1. The van der Waals surface area contributed by atoms with Crippen molar-refractivity contribution in [1.82, 2.24) is 0 Å². The molecule has 1 aromatic heterocycles. The predicted molar refractivity (Wildman–Crippen MR) is 68.0 cm³/mol. The molecule has 18 heavy (non-hydrogen) atoms. The Morgan fingerprint density at radius 2 is 1.72 bits per heavy atom. The van der Waals surface area contributed by atoms with Crippen LogP contribution in [-0.2, 0) is 0 Å². The van der Waals surface area contributed by atoms with E-state index < -0.39 is 11.6 Å². The summed E-state index contributed by atoms with van der Waals surface area (Å²) in [6, 6.07) is 3.40. The molecule has 0 saturated carbocycles. The molecule has 0 unspecified atom stereocenters. The summed E-state index contributed by atoms with van der Waals surface area (Å²) in [6.45, 7) is 3.68. The predicted octanol–water partition coefficient (Wildman–Crippen LogP) is 3.46. The fourth-order valence-corrected chi connectivity index (χ4v) is 2.68. The maximum Gasteiger partial charge on any atom is 0.196 e. The van der Waals surface area contributed by atoms with Crippen LogP contribution < -0.4 is 5.73 Å². The molecule has 0 aliphatic rings. The lowest BCUT2D eigenvalue weighted by Gasteiger charge is -2.05. The van der Waals surface area contributed by atoms with Crippen molar-refractivity contribution in [3.8, 4) is 0 Å². The summed E-state index contributed by atoms with van der Waals surface area (Å²) >= 11 is 1.48. The van der Waals surface area contributed by atoms with Gasteiger partial charge < -0.3 is 5.73 Å². The van der Waals surface area contributed by atoms with Crippen LogP contribution in [0.15, 0.2) is 18.2 Å². The molecule has 5 heteroatoms. The van der Waals surface area contributed by atoms with Crippen molar-refractivity contribution in [3.63, 3.8) is 0 Å². The van der Waals surface area contributed by atoms with Crippen molar-refractivity contribution < 1.29 is 13.6 Å². The van der Waals surface area contributed by atoms with Crippen LogP contribution in [-0.4, -0.2) is 5.78 Å². The van der Waals surface area contributed by atoms with Crippen LogP contribution in [0, 0.1) is 25.5 Å². The molecule has 0 aliphatic heterocycles. The van der Waals surface area contributed by atoms with E-state index in [1.165, 1.54) is 11.3 Å². The summed E-state index contributed by atoms with van der Waals surface area (Å²) in [4.78, 5) is 14.0. The number of nitrogen functional groups attached to an aromatic ring is 1. The average molecular weight is 267 g/mol. The van der Waals surface area contributed by atoms with Crippen molar-refractivity contribution in [2.45, 2.75) is 13.8 Å². The number of hydrogen-bond donors (Lipinski definition) is 1. The molecule has 94 valence electrons. The van der Waals surface area contributed by atoms with E-state index >= 15 is 0 Å². The molecule has 0 atom stereocenters. The largest absolute Gasteiger partial charge is 0.398 e. The van der Waals surface area contributed by atoms with Gasteiger partial charge in [0, 0.05) is 32.6 Å². The van der Waals surface area contributed by atoms with Gasteiger partial charge in [0.1, 0.15) is 0 Å². The van der Waals surface area contributed by atoms with Crippen LogP contribution in [0.2, 0.25) is 0 Å². The van der Waals surface area contributed by atoms with Gasteiger partial charge in [0.15, 0.2) is 17.4 Å². The zero-order valence-electron chi connectivity index (χ0n) is 9.88. The van der Waals surface area contributed by atoms with E-state index in [2.05, 4.69) is 0 Å². The Labute approximate surface area is 107 Å². The second-order valence-corrected chi connectivity index (χ2v) is 5.47. The first kappa shape index (κ1) is 12.7. The Bertz CT molecular complexity index is 634. The zero-order valence-corrected chi connectivity index (χ0v) is 10.7. The molecule has 0 aliphatic carbocycles. The Hall–Kier alpha value is -1.75. The molecule has 0 fully saturated rings. The molecule has 0 spiro atoms. The number of carbonyl (C=O) groups excluding carboxylic acids is 1. The van der Waals surface area contributed by atoms with E-state index in [0.717, 1.165) is 21.9 Å². The Morgan fingerprint density at radius 1 is 1.11 bits per heavy atom. The molecule has 0 saturated heterocycles. The fourth-order valence-electron chi connectivity index (χ4n) is 1.76. The minimum Gasteiger partial charge on any atom is -0.398 e. The highest BCUT2D eigenvalue weighted by molar-refractivity contribution is 7.12. The van der Waals surface area contributed by atoms with E-state index in [-0.39, 0.29) is 17.0 Å². The fraction of sp³-hybridized carbons (Fsp3) is 0.154. The van der Waals surface area contributed by atoms with Crippen molar-refractivity contribution in [2.75, 3.05) is 5.73 Å². The first-order chi connectivity index (χ1) is 8.40. The monoisotopic (exact) mass is 267 g/mol. The van der Waals surface area contributed by atoms with Crippen molar-refractivity contribution in [2.24, 2.45) is 0 Å². The van der Waals surface area contributed by atoms with Gasteiger partial charge in [-0.05, 0) is 26.0 Å². The molecule has 2 aromatic rings. The van der Waals surface area contributed by atoms with Gasteiger partial charge >= 0.3 is 0 Å². The normalized spacial score (nSPS) is 10.7. The molecule has 2 nitrogen and oxygen atoms in total. The van der Waals surface area contributed by atoms with E-state index in [1.54, 1.807) is 13.0 Å². The SMILES string of the molecule is Cc1cc(C(=O)c2cc(F)c(F)cc2N)c(C)s1. The van der Waals surface area contributed by atoms with Crippen molar-refractivity contribution in [3.05, 3.63) is 50.7 Å². The van der Waals surface area contributed by atoms with Crippen LogP contribution in [0.5, 0.6) is 0 Å². The minimum absolute atomic E-state index is 0.00481. The van der Waals surface area contributed by atoms with Gasteiger partial charge in [0.2, 0.25) is 0 Å². The molecule has 2 rings (SSSR count). The van der Waals surface area contributed by atoms with E-state index in [9.17, 15) is 13.6 Å². The quantitative estimate of drug-likeness (QED) is 0.669. The average Bonchev–Trinajstić information content (AvgIpc) is 2.62. The summed E-state index contributed by atoms with van der Waals surface area (Å²) in [5, 5.41) is 0. The Kier molecular flexibility index (Phi) is 3.17. The number of carbonyl (C=O) groups is 1. The number of hydrogen-bond acceptors (Lipinski definition) is 3. The van der Waals surface area contributed by atoms with Gasteiger partial charge in [-0.3, -0.25) is 4.79 Å². The first-order valence-corrected chi connectivity index (χ1v) is 6.08. The number of rotatable bonds is 2. The lowest BCUT2D eigenvalue weighted by atomic mass is 10.0.